The molecule has 78 valence electrons. The van der Waals surface area contributed by atoms with E-state index in [0.29, 0.717) is 0 Å². The van der Waals surface area contributed by atoms with Crippen LogP contribution < -0.4 is 4.74 Å². The summed E-state index contributed by atoms with van der Waals surface area (Å²) in [6.45, 7) is 11.3. The first kappa shape index (κ1) is 11.1. The lowest BCUT2D eigenvalue weighted by Gasteiger charge is -2.14. The second-order valence-corrected chi connectivity index (χ2v) is 4.17. The number of aryl methyl sites for hydroxylation is 1. The molecule has 0 atom stereocenters. The van der Waals surface area contributed by atoms with E-state index in [9.17, 15) is 0 Å². The van der Waals surface area contributed by atoms with Crippen molar-refractivity contribution < 1.29 is 4.74 Å². The summed E-state index contributed by atoms with van der Waals surface area (Å²) in [5.41, 5.74) is 2.81. The Kier molecular flexibility index (Phi) is 3.20. The van der Waals surface area contributed by atoms with Gasteiger partial charge in [0.25, 0.3) is 0 Å². The first-order valence-corrected chi connectivity index (χ1v) is 5.33. The third-order valence-electron chi connectivity index (χ3n) is 2.45. The Morgan fingerprint density at radius 2 is 1.86 bits per heavy atom. The van der Waals surface area contributed by atoms with Gasteiger partial charge in [-0.3, -0.25) is 0 Å². The van der Waals surface area contributed by atoms with E-state index in [-0.39, 0.29) is 5.41 Å². The van der Waals surface area contributed by atoms with Gasteiger partial charge in [0.05, 0.1) is 6.61 Å². The van der Waals surface area contributed by atoms with Crippen LogP contribution in [0.15, 0.2) is 18.2 Å². The number of hydrogen-bond acceptors (Lipinski definition) is 1. The molecule has 1 heteroatoms. The van der Waals surface area contributed by atoms with Gasteiger partial charge in [0.1, 0.15) is 5.75 Å². The largest absolute Gasteiger partial charge is 0.492 e. The van der Waals surface area contributed by atoms with Crippen LogP contribution >= 0.6 is 0 Å². The van der Waals surface area contributed by atoms with Crippen LogP contribution in [0.1, 0.15) is 38.8 Å². The van der Waals surface area contributed by atoms with Crippen molar-refractivity contribution in [3.63, 3.8) is 0 Å². The molecule has 1 nitrogen and oxygen atoms in total. The van der Waals surface area contributed by atoms with Crippen molar-refractivity contribution in [1.29, 1.82) is 0 Å². The highest BCUT2D eigenvalue weighted by molar-refractivity contribution is 5.44. The Morgan fingerprint density at radius 3 is 2.50 bits per heavy atom. The van der Waals surface area contributed by atoms with Crippen molar-refractivity contribution in [1.82, 2.24) is 0 Å². The molecule has 0 bridgehead atoms. The molecule has 1 heterocycles. The van der Waals surface area contributed by atoms with Gasteiger partial charge in [-0.2, -0.15) is 0 Å². The van der Waals surface area contributed by atoms with Crippen molar-refractivity contribution in [3.05, 3.63) is 29.3 Å². The second-order valence-electron chi connectivity index (χ2n) is 4.17. The van der Waals surface area contributed by atoms with Gasteiger partial charge in [-0.05, 0) is 18.6 Å². The minimum Gasteiger partial charge on any atom is -0.492 e. The minimum absolute atomic E-state index is 0.197. The predicted molar refractivity (Wildman–Crippen MR) is 61.0 cm³/mol. The molecule has 0 amide bonds. The van der Waals surface area contributed by atoms with Gasteiger partial charge in [0.15, 0.2) is 0 Å². The summed E-state index contributed by atoms with van der Waals surface area (Å²) >= 11 is 0. The molecule has 14 heavy (non-hydrogen) atoms. The molecule has 0 spiro atoms. The van der Waals surface area contributed by atoms with Gasteiger partial charge in [-0.15, -0.1) is 0 Å². The number of benzene rings is 1. The third-order valence-corrected chi connectivity index (χ3v) is 2.45. The summed E-state index contributed by atoms with van der Waals surface area (Å²) in [4.78, 5) is 0. The molecule has 0 aliphatic carbocycles. The summed E-state index contributed by atoms with van der Waals surface area (Å²) < 4.78 is 5.59. The molecule has 2 rings (SSSR count). The molecule has 1 aliphatic rings. The van der Waals surface area contributed by atoms with E-state index < -0.39 is 0 Å². The van der Waals surface area contributed by atoms with Crippen LogP contribution in [0, 0.1) is 6.92 Å². The van der Waals surface area contributed by atoms with E-state index in [1.807, 2.05) is 13.8 Å². The smallest absolute Gasteiger partial charge is 0.123 e. The van der Waals surface area contributed by atoms with Gasteiger partial charge >= 0.3 is 0 Å². The SMILES string of the molecule is CC.Cc1ccc2c(c1)OCC2(C)C. The van der Waals surface area contributed by atoms with E-state index in [1.165, 1.54) is 11.1 Å². The fourth-order valence-electron chi connectivity index (χ4n) is 1.64. The average molecular weight is 192 g/mol. The van der Waals surface area contributed by atoms with Crippen LogP contribution in [0.3, 0.4) is 0 Å². The van der Waals surface area contributed by atoms with E-state index in [0.717, 1.165) is 12.4 Å². The Hall–Kier alpha value is -0.980. The minimum atomic E-state index is 0.197. The number of fused-ring (bicyclic) bond motifs is 1. The summed E-state index contributed by atoms with van der Waals surface area (Å²) in [5.74, 6) is 1.07. The normalized spacial score (nSPS) is 16.4. The van der Waals surface area contributed by atoms with Crippen LogP contribution in [0.25, 0.3) is 0 Å². The third kappa shape index (κ3) is 1.92. The van der Waals surface area contributed by atoms with Gasteiger partial charge in [0, 0.05) is 11.0 Å². The van der Waals surface area contributed by atoms with E-state index in [1.54, 1.807) is 0 Å². The predicted octanol–water partition coefficient (Wildman–Crippen LogP) is 3.69. The van der Waals surface area contributed by atoms with Crippen molar-refractivity contribution in [2.45, 2.75) is 40.0 Å². The Labute approximate surface area is 87.1 Å². The van der Waals surface area contributed by atoms with Gasteiger partial charge in [-0.1, -0.05) is 39.8 Å². The maximum Gasteiger partial charge on any atom is 0.123 e. The Morgan fingerprint density at radius 1 is 1.21 bits per heavy atom. The maximum absolute atomic E-state index is 5.59. The van der Waals surface area contributed by atoms with Crippen LogP contribution in [0.4, 0.5) is 0 Å². The lowest BCUT2D eigenvalue weighted by molar-refractivity contribution is 0.291. The molecule has 0 N–H and O–H groups in total. The van der Waals surface area contributed by atoms with Crippen molar-refractivity contribution in [2.75, 3.05) is 6.61 Å². The molecular weight excluding hydrogens is 172 g/mol. The molecule has 0 unspecified atom stereocenters. The fraction of sp³-hybridized carbons (Fsp3) is 0.538. The monoisotopic (exact) mass is 192 g/mol. The highest BCUT2D eigenvalue weighted by Gasteiger charge is 2.31. The lowest BCUT2D eigenvalue weighted by Crippen LogP contribution is -2.18. The standard InChI is InChI=1S/C11H14O.C2H6/c1-8-4-5-9-10(6-8)12-7-11(9,2)3;1-2/h4-6H,7H2,1-3H3;1-2H3. The van der Waals surface area contributed by atoms with Gasteiger partial charge in [-0.25, -0.2) is 0 Å². The molecule has 0 saturated heterocycles. The maximum atomic E-state index is 5.59. The molecule has 0 radical (unpaired) electrons. The Bertz CT molecular complexity index is 313. The molecule has 1 aromatic rings. The van der Waals surface area contributed by atoms with Crippen LogP contribution in [0.5, 0.6) is 5.75 Å². The lowest BCUT2D eigenvalue weighted by atomic mass is 9.87. The zero-order chi connectivity index (χ0) is 10.8. The summed E-state index contributed by atoms with van der Waals surface area (Å²) in [7, 11) is 0. The quantitative estimate of drug-likeness (QED) is 0.609. The molecule has 0 aromatic heterocycles. The Balaban J connectivity index is 0.000000461. The fourth-order valence-corrected chi connectivity index (χ4v) is 1.64. The zero-order valence-electron chi connectivity index (χ0n) is 9.85. The topological polar surface area (TPSA) is 9.23 Å². The molecule has 0 fully saturated rings. The van der Waals surface area contributed by atoms with Gasteiger partial charge < -0.3 is 4.74 Å². The van der Waals surface area contributed by atoms with Gasteiger partial charge in [0.2, 0.25) is 0 Å². The first-order valence-electron chi connectivity index (χ1n) is 5.33. The zero-order valence-corrected chi connectivity index (χ0v) is 9.85. The van der Waals surface area contributed by atoms with E-state index >= 15 is 0 Å². The summed E-state index contributed by atoms with van der Waals surface area (Å²) in [6, 6.07) is 6.44. The van der Waals surface area contributed by atoms with E-state index in [4.69, 9.17) is 4.74 Å². The van der Waals surface area contributed by atoms with Crippen LogP contribution in [0.2, 0.25) is 0 Å². The molecular formula is C13H20O. The van der Waals surface area contributed by atoms with Crippen molar-refractivity contribution in [3.8, 4) is 5.75 Å². The first-order chi connectivity index (χ1) is 6.59. The van der Waals surface area contributed by atoms with Crippen LogP contribution in [-0.4, -0.2) is 6.61 Å². The van der Waals surface area contributed by atoms with Crippen molar-refractivity contribution in [2.24, 2.45) is 0 Å². The summed E-state index contributed by atoms with van der Waals surface area (Å²) in [6.07, 6.45) is 0. The molecule has 1 aliphatic heterocycles. The molecule has 1 aromatic carbocycles. The molecule has 0 saturated carbocycles. The second kappa shape index (κ2) is 4.04. The van der Waals surface area contributed by atoms with Crippen LogP contribution in [-0.2, 0) is 5.41 Å². The summed E-state index contributed by atoms with van der Waals surface area (Å²) in [5, 5.41) is 0. The number of ether oxygens (including phenoxy) is 1. The van der Waals surface area contributed by atoms with E-state index in [2.05, 4.69) is 39.0 Å². The number of rotatable bonds is 0. The number of hydrogen-bond donors (Lipinski definition) is 0. The average Bonchev–Trinajstić information content (AvgIpc) is 2.45. The highest BCUT2D eigenvalue weighted by Crippen LogP contribution is 2.38. The van der Waals surface area contributed by atoms with Crippen molar-refractivity contribution >= 4 is 0 Å². The highest BCUT2D eigenvalue weighted by atomic mass is 16.5.